The van der Waals surface area contributed by atoms with Crippen molar-refractivity contribution in [3.8, 4) is 0 Å². The number of carbonyl (C=O) groups excluding carboxylic acids is 2. The Morgan fingerprint density at radius 1 is 1.25 bits per heavy atom. The molecule has 8 nitrogen and oxygen atoms in total. The number of aromatic nitrogens is 2. The number of amides is 2. The maximum Gasteiger partial charge on any atom is 0.254 e. The highest BCUT2D eigenvalue weighted by atomic mass is 35.5. The van der Waals surface area contributed by atoms with E-state index in [4.69, 9.17) is 16.3 Å². The van der Waals surface area contributed by atoms with Crippen molar-refractivity contribution in [2.45, 2.75) is 24.5 Å². The lowest BCUT2D eigenvalue weighted by Crippen LogP contribution is -2.54. The molecule has 2 amide bonds. The Balaban J connectivity index is 1.57. The molecule has 1 fully saturated rings. The lowest BCUT2D eigenvalue weighted by molar-refractivity contribution is -0.118. The summed E-state index contributed by atoms with van der Waals surface area (Å²) in [6.45, 7) is 5.06. The Hall–Kier alpha value is -2.36. The molecule has 1 unspecified atom stereocenters. The van der Waals surface area contributed by atoms with Crippen LogP contribution in [0.1, 0.15) is 23.7 Å². The summed E-state index contributed by atoms with van der Waals surface area (Å²) in [5.74, 6) is 0.860. The minimum Gasteiger partial charge on any atom is -0.385 e. The van der Waals surface area contributed by atoms with Gasteiger partial charge in [-0.25, -0.2) is 9.97 Å². The van der Waals surface area contributed by atoms with Crippen molar-refractivity contribution in [3.63, 3.8) is 0 Å². The van der Waals surface area contributed by atoms with Crippen LogP contribution in [0.2, 0.25) is 5.15 Å². The number of hydrogen-bond acceptors (Lipinski definition) is 7. The normalized spacial score (nSPS) is 16.2. The number of rotatable bonds is 9. The van der Waals surface area contributed by atoms with Crippen LogP contribution in [-0.2, 0) is 9.53 Å². The molecule has 0 bridgehead atoms. The van der Waals surface area contributed by atoms with E-state index in [0.717, 1.165) is 6.42 Å². The molecule has 172 valence electrons. The number of hydrogen-bond donors (Lipinski definition) is 1. The summed E-state index contributed by atoms with van der Waals surface area (Å²) in [6, 6.07) is 11.0. The van der Waals surface area contributed by atoms with Gasteiger partial charge in [-0.3, -0.25) is 9.59 Å². The quantitative estimate of drug-likeness (QED) is 0.257. The molecule has 2 aromatic rings. The lowest BCUT2D eigenvalue weighted by atomic mass is 10.1. The highest BCUT2D eigenvalue weighted by Crippen LogP contribution is 2.24. The minimum atomic E-state index is -0.0853. The summed E-state index contributed by atoms with van der Waals surface area (Å²) in [4.78, 5) is 37.7. The largest absolute Gasteiger partial charge is 0.385 e. The number of benzene rings is 1. The van der Waals surface area contributed by atoms with Crippen LogP contribution >= 0.6 is 23.4 Å². The molecule has 1 aliphatic rings. The molecule has 1 aromatic carbocycles. The topological polar surface area (TPSA) is 87.7 Å². The fraction of sp³-hybridized carbons (Fsp3) is 0.455. The van der Waals surface area contributed by atoms with Crippen LogP contribution in [0.25, 0.3) is 0 Å². The van der Waals surface area contributed by atoms with Crippen molar-refractivity contribution in [1.82, 2.24) is 20.2 Å². The number of thioether (sulfide) groups is 1. The van der Waals surface area contributed by atoms with Gasteiger partial charge in [0.25, 0.3) is 5.91 Å². The Morgan fingerprint density at radius 2 is 2.03 bits per heavy atom. The van der Waals surface area contributed by atoms with Crippen molar-refractivity contribution in [1.29, 1.82) is 0 Å². The van der Waals surface area contributed by atoms with Gasteiger partial charge >= 0.3 is 0 Å². The first-order chi connectivity index (χ1) is 15.5. The molecule has 1 aliphatic heterocycles. The molecular formula is C22H28ClN5O3S. The van der Waals surface area contributed by atoms with E-state index in [1.54, 1.807) is 13.2 Å². The lowest BCUT2D eigenvalue weighted by Gasteiger charge is -2.40. The van der Waals surface area contributed by atoms with E-state index >= 15 is 0 Å². The predicted octanol–water partition coefficient (Wildman–Crippen LogP) is 2.73. The smallest absolute Gasteiger partial charge is 0.254 e. The highest BCUT2D eigenvalue weighted by molar-refractivity contribution is 7.99. The molecule has 2 heterocycles. The second kappa shape index (κ2) is 12.0. The van der Waals surface area contributed by atoms with Crippen LogP contribution in [0.4, 0.5) is 5.82 Å². The monoisotopic (exact) mass is 477 g/mol. The summed E-state index contributed by atoms with van der Waals surface area (Å²) in [6.07, 6.45) is 0.766. The molecular weight excluding hydrogens is 450 g/mol. The number of piperazine rings is 1. The molecule has 10 heteroatoms. The van der Waals surface area contributed by atoms with E-state index in [1.807, 2.05) is 42.2 Å². The average molecular weight is 478 g/mol. The van der Waals surface area contributed by atoms with Crippen molar-refractivity contribution in [3.05, 3.63) is 47.1 Å². The number of methoxy groups -OCH3 is 1. The minimum absolute atomic E-state index is 0.0131. The van der Waals surface area contributed by atoms with E-state index in [-0.39, 0.29) is 23.6 Å². The van der Waals surface area contributed by atoms with Crippen molar-refractivity contribution >= 4 is 41.0 Å². The molecule has 1 N–H and O–H groups in total. The van der Waals surface area contributed by atoms with Crippen LogP contribution in [-0.4, -0.2) is 78.4 Å². The summed E-state index contributed by atoms with van der Waals surface area (Å²) >= 11 is 7.48. The highest BCUT2D eigenvalue weighted by Gasteiger charge is 2.29. The predicted molar refractivity (Wildman–Crippen MR) is 126 cm³/mol. The van der Waals surface area contributed by atoms with Crippen LogP contribution in [0, 0.1) is 0 Å². The number of nitrogens with one attached hydrogen (secondary N) is 1. The van der Waals surface area contributed by atoms with E-state index < -0.39 is 0 Å². The number of ether oxygens (including phenoxy) is 1. The van der Waals surface area contributed by atoms with E-state index in [9.17, 15) is 9.59 Å². The van der Waals surface area contributed by atoms with E-state index in [0.29, 0.717) is 54.5 Å². The number of carbonyl (C=O) groups is 2. The van der Waals surface area contributed by atoms with Gasteiger partial charge in [-0.15, -0.1) is 0 Å². The fourth-order valence-electron chi connectivity index (χ4n) is 3.45. The number of nitrogens with zero attached hydrogens (tertiary/aromatic N) is 4. The summed E-state index contributed by atoms with van der Waals surface area (Å²) in [7, 11) is 1.63. The fourth-order valence-corrected chi connectivity index (χ4v) is 4.36. The van der Waals surface area contributed by atoms with Crippen molar-refractivity contribution in [2.24, 2.45) is 0 Å². The molecule has 1 atom stereocenters. The van der Waals surface area contributed by atoms with Crippen molar-refractivity contribution in [2.75, 3.05) is 50.5 Å². The number of halogens is 1. The number of anilines is 1. The molecule has 1 aromatic heterocycles. The van der Waals surface area contributed by atoms with Crippen LogP contribution < -0.4 is 10.2 Å². The van der Waals surface area contributed by atoms with Gasteiger partial charge in [0.2, 0.25) is 5.91 Å². The van der Waals surface area contributed by atoms with Gasteiger partial charge in [0.05, 0.1) is 5.75 Å². The maximum atomic E-state index is 12.8. The van der Waals surface area contributed by atoms with Crippen LogP contribution in [0.5, 0.6) is 0 Å². The Morgan fingerprint density at radius 3 is 2.75 bits per heavy atom. The molecule has 0 aliphatic carbocycles. The van der Waals surface area contributed by atoms with Gasteiger partial charge in [-0.1, -0.05) is 41.6 Å². The van der Waals surface area contributed by atoms with Gasteiger partial charge in [-0.05, 0) is 25.5 Å². The van der Waals surface area contributed by atoms with Gasteiger partial charge in [0.1, 0.15) is 11.0 Å². The van der Waals surface area contributed by atoms with Gasteiger partial charge in [0, 0.05) is 57.6 Å². The second-order valence-electron chi connectivity index (χ2n) is 7.48. The SMILES string of the molecule is COCCCNC(=O)CSc1nc(Cl)cc(N2CCN(C(=O)c3ccccc3)C(C)C2)n1. The molecule has 3 rings (SSSR count). The third-order valence-electron chi connectivity index (χ3n) is 5.07. The Kier molecular flexibility index (Phi) is 9.13. The zero-order valence-corrected chi connectivity index (χ0v) is 19.9. The Bertz CT molecular complexity index is 918. The zero-order valence-electron chi connectivity index (χ0n) is 18.3. The van der Waals surface area contributed by atoms with Crippen LogP contribution in [0.15, 0.2) is 41.6 Å². The second-order valence-corrected chi connectivity index (χ2v) is 8.81. The Labute approximate surface area is 197 Å². The first kappa shape index (κ1) is 24.3. The van der Waals surface area contributed by atoms with Gasteiger partial charge < -0.3 is 19.9 Å². The average Bonchev–Trinajstić information content (AvgIpc) is 2.80. The standard InChI is InChI=1S/C22H28ClN5O3S/c1-16-14-27(10-11-28(16)21(30)17-7-4-3-5-8-17)19-13-18(23)25-22(26-19)32-15-20(29)24-9-6-12-31-2/h3-5,7-8,13,16H,6,9-12,14-15H2,1-2H3,(H,24,29). The zero-order chi connectivity index (χ0) is 22.9. The van der Waals surface area contributed by atoms with Crippen molar-refractivity contribution < 1.29 is 14.3 Å². The molecule has 0 saturated carbocycles. The first-order valence-electron chi connectivity index (χ1n) is 10.5. The third kappa shape index (κ3) is 6.82. The summed E-state index contributed by atoms with van der Waals surface area (Å²) in [5.41, 5.74) is 0.692. The molecule has 0 radical (unpaired) electrons. The van der Waals surface area contributed by atoms with E-state index in [2.05, 4.69) is 20.2 Å². The van der Waals surface area contributed by atoms with Gasteiger partial charge in [0.15, 0.2) is 5.16 Å². The van der Waals surface area contributed by atoms with Crippen LogP contribution in [0.3, 0.4) is 0 Å². The molecule has 32 heavy (non-hydrogen) atoms. The van der Waals surface area contributed by atoms with E-state index in [1.165, 1.54) is 11.8 Å². The molecule has 0 spiro atoms. The third-order valence-corrected chi connectivity index (χ3v) is 6.11. The van der Waals surface area contributed by atoms with Gasteiger partial charge in [-0.2, -0.15) is 0 Å². The first-order valence-corrected chi connectivity index (χ1v) is 11.9. The maximum absolute atomic E-state index is 12.8. The summed E-state index contributed by atoms with van der Waals surface area (Å²) in [5, 5.41) is 3.62. The molecule has 1 saturated heterocycles. The summed E-state index contributed by atoms with van der Waals surface area (Å²) < 4.78 is 4.97.